The molecule has 0 atom stereocenters. The monoisotopic (exact) mass is 279 g/mol. The Morgan fingerprint density at radius 1 is 1.16 bits per heavy atom. The molecule has 0 aliphatic heterocycles. The number of hydrogen-bond acceptors (Lipinski definition) is 2. The third-order valence-corrected chi connectivity index (χ3v) is 4.43. The number of hydrogen-bond donors (Lipinski definition) is 1. The fraction of sp³-hybridized carbons (Fsp3) is 1.00. The molecule has 2 nitrogen and oxygen atoms in total. The van der Waals surface area contributed by atoms with Crippen LogP contribution in [-0.2, 0) is 4.74 Å². The molecule has 19 heavy (non-hydrogen) atoms. The maximum Gasteiger partial charge on any atom is 0.411 e. The molecule has 0 aromatic heterocycles. The second-order valence-corrected chi connectivity index (χ2v) is 6.09. The van der Waals surface area contributed by atoms with Gasteiger partial charge >= 0.3 is 6.18 Å². The van der Waals surface area contributed by atoms with Crippen LogP contribution in [0.25, 0.3) is 0 Å². The molecule has 0 heterocycles. The van der Waals surface area contributed by atoms with E-state index in [1.54, 1.807) is 0 Å². The zero-order chi connectivity index (χ0) is 13.9. The summed E-state index contributed by atoms with van der Waals surface area (Å²) in [6.07, 6.45) is 2.66. The Labute approximate surface area is 113 Å². The van der Waals surface area contributed by atoms with E-state index in [4.69, 9.17) is 4.74 Å². The Bertz CT molecular complexity index is 281. The largest absolute Gasteiger partial charge is 0.411 e. The molecule has 0 unspecified atom stereocenters. The third-order valence-electron chi connectivity index (χ3n) is 4.43. The fourth-order valence-corrected chi connectivity index (χ4v) is 2.84. The van der Waals surface area contributed by atoms with Crippen LogP contribution in [0.3, 0.4) is 0 Å². The predicted octanol–water partition coefficient (Wildman–Crippen LogP) is 3.66. The van der Waals surface area contributed by atoms with Crippen molar-refractivity contribution in [3.8, 4) is 0 Å². The summed E-state index contributed by atoms with van der Waals surface area (Å²) in [5, 5.41) is 3.34. The molecule has 0 radical (unpaired) electrons. The molecule has 2 aliphatic carbocycles. The minimum atomic E-state index is -4.23. The highest BCUT2D eigenvalue weighted by Gasteiger charge is 2.40. The highest BCUT2D eigenvalue weighted by Crippen LogP contribution is 2.37. The lowest BCUT2D eigenvalue weighted by Gasteiger charge is -2.40. The van der Waals surface area contributed by atoms with Crippen LogP contribution in [0.4, 0.5) is 13.2 Å². The topological polar surface area (TPSA) is 21.3 Å². The molecule has 0 amide bonds. The van der Waals surface area contributed by atoms with Crippen LogP contribution in [0.5, 0.6) is 0 Å². The van der Waals surface area contributed by atoms with E-state index < -0.39 is 18.4 Å². The number of alkyl halides is 3. The van der Waals surface area contributed by atoms with Crippen molar-refractivity contribution in [3.63, 3.8) is 0 Å². The first-order chi connectivity index (χ1) is 8.92. The van der Waals surface area contributed by atoms with Crippen LogP contribution in [-0.4, -0.2) is 31.0 Å². The maximum atomic E-state index is 12.4. The standard InChI is InChI=1S/C14H24F3NO/c1-2-11-5-7-13(8-6-11,9-18-12-3-4-12)19-10-14(15,16)17/h11-12,18H,2-10H2,1H3. The van der Waals surface area contributed by atoms with Gasteiger partial charge in [-0.2, -0.15) is 13.2 Å². The van der Waals surface area contributed by atoms with Gasteiger partial charge in [0.1, 0.15) is 6.61 Å². The van der Waals surface area contributed by atoms with Gasteiger partial charge in [0, 0.05) is 12.6 Å². The van der Waals surface area contributed by atoms with Gasteiger partial charge < -0.3 is 10.1 Å². The van der Waals surface area contributed by atoms with Crippen molar-refractivity contribution in [2.45, 2.75) is 69.7 Å². The first-order valence-corrected chi connectivity index (χ1v) is 7.36. The lowest BCUT2D eigenvalue weighted by Crippen LogP contribution is -2.48. The van der Waals surface area contributed by atoms with Crippen LogP contribution in [0.15, 0.2) is 0 Å². The summed E-state index contributed by atoms with van der Waals surface area (Å²) in [6, 6.07) is 0.510. The van der Waals surface area contributed by atoms with Crippen LogP contribution in [0.2, 0.25) is 0 Å². The van der Waals surface area contributed by atoms with E-state index in [9.17, 15) is 13.2 Å². The maximum absolute atomic E-state index is 12.4. The molecule has 0 saturated heterocycles. The SMILES string of the molecule is CCC1CCC(CNC2CC2)(OCC(F)(F)F)CC1. The van der Waals surface area contributed by atoms with Crippen molar-refractivity contribution >= 4 is 0 Å². The molecular formula is C14H24F3NO. The van der Waals surface area contributed by atoms with E-state index in [0.29, 0.717) is 18.5 Å². The van der Waals surface area contributed by atoms with Crippen molar-refractivity contribution in [1.29, 1.82) is 0 Å². The van der Waals surface area contributed by atoms with Crippen LogP contribution in [0.1, 0.15) is 51.9 Å². The lowest BCUT2D eigenvalue weighted by molar-refractivity contribution is -0.211. The van der Waals surface area contributed by atoms with Crippen molar-refractivity contribution < 1.29 is 17.9 Å². The van der Waals surface area contributed by atoms with Gasteiger partial charge in [-0.05, 0) is 44.4 Å². The van der Waals surface area contributed by atoms with Crippen molar-refractivity contribution in [3.05, 3.63) is 0 Å². The van der Waals surface area contributed by atoms with E-state index in [1.807, 2.05) is 0 Å². The summed E-state index contributed by atoms with van der Waals surface area (Å²) in [5.41, 5.74) is -0.593. The molecule has 2 aliphatic rings. The Morgan fingerprint density at radius 2 is 1.79 bits per heavy atom. The van der Waals surface area contributed by atoms with Gasteiger partial charge in [-0.1, -0.05) is 13.3 Å². The zero-order valence-corrected chi connectivity index (χ0v) is 11.6. The summed E-state index contributed by atoms with van der Waals surface area (Å²) in [7, 11) is 0. The first kappa shape index (κ1) is 15.1. The average Bonchev–Trinajstić information content (AvgIpc) is 3.18. The van der Waals surface area contributed by atoms with Crippen LogP contribution in [0, 0.1) is 5.92 Å². The zero-order valence-electron chi connectivity index (χ0n) is 11.6. The third kappa shape index (κ3) is 4.95. The Hall–Kier alpha value is -0.290. The molecule has 0 aromatic rings. The van der Waals surface area contributed by atoms with Gasteiger partial charge in [-0.15, -0.1) is 0 Å². The number of halogens is 3. The minimum Gasteiger partial charge on any atom is -0.364 e. The van der Waals surface area contributed by atoms with Gasteiger partial charge in [0.05, 0.1) is 5.60 Å². The quantitative estimate of drug-likeness (QED) is 0.801. The number of rotatable bonds is 6. The minimum absolute atomic E-state index is 0.510. The molecule has 112 valence electrons. The van der Waals surface area contributed by atoms with Gasteiger partial charge in [-0.25, -0.2) is 0 Å². The normalized spacial score (nSPS) is 32.5. The summed E-state index contributed by atoms with van der Waals surface area (Å²) < 4.78 is 42.5. The van der Waals surface area contributed by atoms with E-state index in [1.165, 1.54) is 0 Å². The highest BCUT2D eigenvalue weighted by atomic mass is 19.4. The molecule has 5 heteroatoms. The Morgan fingerprint density at radius 3 is 2.26 bits per heavy atom. The Kier molecular flexibility index (Phi) is 4.77. The summed E-state index contributed by atoms with van der Waals surface area (Å²) in [5.74, 6) is 0.656. The highest BCUT2D eigenvalue weighted by molar-refractivity contribution is 4.92. The Balaban J connectivity index is 1.88. The van der Waals surface area contributed by atoms with Gasteiger partial charge in [0.2, 0.25) is 0 Å². The summed E-state index contributed by atoms with van der Waals surface area (Å²) >= 11 is 0. The van der Waals surface area contributed by atoms with Crippen molar-refractivity contribution in [2.75, 3.05) is 13.2 Å². The summed E-state index contributed by atoms with van der Waals surface area (Å²) in [4.78, 5) is 0. The average molecular weight is 279 g/mol. The van der Waals surface area contributed by atoms with Crippen molar-refractivity contribution in [1.82, 2.24) is 5.32 Å². The number of nitrogens with one attached hydrogen (secondary N) is 1. The molecule has 1 N–H and O–H groups in total. The van der Waals surface area contributed by atoms with Crippen molar-refractivity contribution in [2.24, 2.45) is 5.92 Å². The van der Waals surface area contributed by atoms with Gasteiger partial charge in [0.15, 0.2) is 0 Å². The van der Waals surface area contributed by atoms with E-state index in [0.717, 1.165) is 44.9 Å². The molecule has 2 fully saturated rings. The number of ether oxygens (including phenoxy) is 1. The molecule has 0 bridgehead atoms. The van der Waals surface area contributed by atoms with Crippen LogP contribution >= 0.6 is 0 Å². The van der Waals surface area contributed by atoms with E-state index in [2.05, 4.69) is 12.2 Å². The molecular weight excluding hydrogens is 255 g/mol. The van der Waals surface area contributed by atoms with Gasteiger partial charge in [-0.3, -0.25) is 0 Å². The molecule has 2 rings (SSSR count). The molecule has 2 saturated carbocycles. The molecule has 0 aromatic carbocycles. The second-order valence-electron chi connectivity index (χ2n) is 6.09. The summed E-state index contributed by atoms with van der Waals surface area (Å²) in [6.45, 7) is 1.61. The van der Waals surface area contributed by atoms with Crippen LogP contribution < -0.4 is 5.32 Å². The fourth-order valence-electron chi connectivity index (χ4n) is 2.84. The smallest absolute Gasteiger partial charge is 0.364 e. The predicted molar refractivity (Wildman–Crippen MR) is 68.0 cm³/mol. The van der Waals surface area contributed by atoms with E-state index >= 15 is 0 Å². The van der Waals surface area contributed by atoms with Gasteiger partial charge in [0.25, 0.3) is 0 Å². The second kappa shape index (κ2) is 6.00. The first-order valence-electron chi connectivity index (χ1n) is 7.36. The molecule has 0 spiro atoms. The lowest BCUT2D eigenvalue weighted by atomic mass is 9.77. The van der Waals surface area contributed by atoms with E-state index in [-0.39, 0.29) is 0 Å².